The van der Waals surface area contributed by atoms with Crippen molar-refractivity contribution in [2.24, 2.45) is 5.92 Å². The molecule has 0 radical (unpaired) electrons. The second-order valence-corrected chi connectivity index (χ2v) is 3.60. The van der Waals surface area contributed by atoms with Crippen LogP contribution in [0, 0.1) is 16.0 Å². The highest BCUT2D eigenvalue weighted by Crippen LogP contribution is 2.28. The van der Waals surface area contributed by atoms with Crippen LogP contribution in [0.4, 0.5) is 11.4 Å². The largest absolute Gasteiger partial charge is 0.508 e. The number of rotatable bonds is 3. The van der Waals surface area contributed by atoms with Gasteiger partial charge >= 0.3 is 0 Å². The number of carbonyl (C=O) groups excluding carboxylic acids is 1. The first kappa shape index (κ1) is 12.0. The Bertz CT molecular complexity index is 429. The number of benzene rings is 1. The molecular formula is C10H12N2O4. The summed E-state index contributed by atoms with van der Waals surface area (Å²) in [5.41, 5.74) is -0.240. The number of nitro benzene ring substituents is 1. The fourth-order valence-electron chi connectivity index (χ4n) is 1.05. The first-order chi connectivity index (χ1) is 7.41. The van der Waals surface area contributed by atoms with Gasteiger partial charge in [0, 0.05) is 5.92 Å². The summed E-state index contributed by atoms with van der Waals surface area (Å²) in [4.78, 5) is 21.4. The summed E-state index contributed by atoms with van der Waals surface area (Å²) in [6.45, 7) is 3.36. The van der Waals surface area contributed by atoms with Crippen molar-refractivity contribution < 1.29 is 14.8 Å². The summed E-state index contributed by atoms with van der Waals surface area (Å²) in [7, 11) is 0. The van der Waals surface area contributed by atoms with Gasteiger partial charge in [-0.2, -0.15) is 0 Å². The summed E-state index contributed by atoms with van der Waals surface area (Å²) >= 11 is 0. The fraction of sp³-hybridized carbons (Fsp3) is 0.300. The van der Waals surface area contributed by atoms with E-state index in [0.29, 0.717) is 0 Å². The summed E-state index contributed by atoms with van der Waals surface area (Å²) in [6.07, 6.45) is 0. The standard InChI is InChI=1S/C10H12N2O4/c1-6(2)10(14)11-8-4-3-7(13)5-9(8)12(15)16/h3-6,13H,1-2H3,(H,11,14). The Morgan fingerprint density at radius 1 is 1.50 bits per heavy atom. The number of nitro groups is 1. The van der Waals surface area contributed by atoms with Gasteiger partial charge in [0.2, 0.25) is 5.91 Å². The van der Waals surface area contributed by atoms with E-state index >= 15 is 0 Å². The van der Waals surface area contributed by atoms with Crippen molar-refractivity contribution in [1.82, 2.24) is 0 Å². The Labute approximate surface area is 92.0 Å². The lowest BCUT2D eigenvalue weighted by Gasteiger charge is -2.08. The van der Waals surface area contributed by atoms with E-state index in [1.807, 2.05) is 0 Å². The van der Waals surface area contributed by atoms with Gasteiger partial charge in [0.1, 0.15) is 11.4 Å². The van der Waals surface area contributed by atoms with Crippen LogP contribution in [-0.2, 0) is 4.79 Å². The van der Waals surface area contributed by atoms with E-state index in [2.05, 4.69) is 5.32 Å². The molecule has 0 heterocycles. The number of carbonyl (C=O) groups is 1. The molecule has 0 bridgehead atoms. The minimum atomic E-state index is -0.657. The van der Waals surface area contributed by atoms with Crippen molar-refractivity contribution in [3.8, 4) is 5.75 Å². The van der Waals surface area contributed by atoms with Gasteiger partial charge in [0.15, 0.2) is 0 Å². The van der Waals surface area contributed by atoms with E-state index in [1.165, 1.54) is 12.1 Å². The Morgan fingerprint density at radius 2 is 2.12 bits per heavy atom. The third-order valence-electron chi connectivity index (χ3n) is 1.96. The number of phenolic OH excluding ortho intramolecular Hbond substituents is 1. The van der Waals surface area contributed by atoms with Crippen LogP contribution in [0.25, 0.3) is 0 Å². The predicted octanol–water partition coefficient (Wildman–Crippen LogP) is 1.89. The average molecular weight is 224 g/mol. The molecule has 0 unspecified atom stereocenters. The third-order valence-corrected chi connectivity index (χ3v) is 1.96. The molecule has 0 atom stereocenters. The van der Waals surface area contributed by atoms with E-state index in [1.54, 1.807) is 13.8 Å². The molecule has 1 aromatic rings. The maximum atomic E-state index is 11.4. The number of aromatic hydroxyl groups is 1. The smallest absolute Gasteiger partial charge is 0.296 e. The van der Waals surface area contributed by atoms with Crippen LogP contribution in [0.2, 0.25) is 0 Å². The zero-order chi connectivity index (χ0) is 12.3. The molecule has 0 aliphatic carbocycles. The summed E-state index contributed by atoms with van der Waals surface area (Å²) < 4.78 is 0. The number of amides is 1. The van der Waals surface area contributed by atoms with Crippen molar-refractivity contribution in [3.63, 3.8) is 0 Å². The van der Waals surface area contributed by atoms with Gasteiger partial charge in [-0.05, 0) is 12.1 Å². The normalized spacial score (nSPS) is 10.2. The van der Waals surface area contributed by atoms with Crippen molar-refractivity contribution >= 4 is 17.3 Å². The van der Waals surface area contributed by atoms with Crippen molar-refractivity contribution in [1.29, 1.82) is 0 Å². The zero-order valence-electron chi connectivity index (χ0n) is 8.93. The minimum Gasteiger partial charge on any atom is -0.508 e. The van der Waals surface area contributed by atoms with Crippen molar-refractivity contribution in [2.75, 3.05) is 5.32 Å². The fourth-order valence-corrected chi connectivity index (χ4v) is 1.05. The predicted molar refractivity (Wildman–Crippen MR) is 58.2 cm³/mol. The van der Waals surface area contributed by atoms with Crippen LogP contribution >= 0.6 is 0 Å². The highest BCUT2D eigenvalue weighted by Gasteiger charge is 2.17. The van der Waals surface area contributed by atoms with Gasteiger partial charge < -0.3 is 10.4 Å². The van der Waals surface area contributed by atoms with Crippen LogP contribution in [0.5, 0.6) is 5.75 Å². The number of nitrogens with one attached hydrogen (secondary N) is 1. The molecule has 0 aliphatic rings. The Kier molecular flexibility index (Phi) is 3.44. The lowest BCUT2D eigenvalue weighted by molar-refractivity contribution is -0.384. The number of phenols is 1. The quantitative estimate of drug-likeness (QED) is 0.466. The lowest BCUT2D eigenvalue weighted by atomic mass is 10.2. The molecule has 6 nitrogen and oxygen atoms in total. The Balaban J connectivity index is 3.04. The van der Waals surface area contributed by atoms with Gasteiger partial charge in [0.25, 0.3) is 5.69 Å². The molecule has 16 heavy (non-hydrogen) atoms. The van der Waals surface area contributed by atoms with Crippen LogP contribution in [0.15, 0.2) is 18.2 Å². The SMILES string of the molecule is CC(C)C(=O)Nc1ccc(O)cc1[N+](=O)[O-]. The molecule has 0 aromatic heterocycles. The first-order valence-corrected chi connectivity index (χ1v) is 4.70. The molecule has 0 saturated carbocycles. The van der Waals surface area contributed by atoms with Crippen LogP contribution in [0.3, 0.4) is 0 Å². The van der Waals surface area contributed by atoms with E-state index < -0.39 is 4.92 Å². The van der Waals surface area contributed by atoms with E-state index in [9.17, 15) is 14.9 Å². The molecule has 86 valence electrons. The number of hydrogen-bond donors (Lipinski definition) is 2. The molecular weight excluding hydrogens is 212 g/mol. The molecule has 2 N–H and O–H groups in total. The van der Waals surface area contributed by atoms with Gasteiger partial charge in [-0.15, -0.1) is 0 Å². The Hall–Kier alpha value is -2.11. The molecule has 0 fully saturated rings. The number of anilines is 1. The van der Waals surface area contributed by atoms with Crippen molar-refractivity contribution in [3.05, 3.63) is 28.3 Å². The third kappa shape index (κ3) is 2.69. The van der Waals surface area contributed by atoms with E-state index in [0.717, 1.165) is 6.07 Å². The second kappa shape index (κ2) is 4.61. The summed E-state index contributed by atoms with van der Waals surface area (Å²) in [6, 6.07) is 3.58. The van der Waals surface area contributed by atoms with E-state index in [-0.39, 0.29) is 28.9 Å². The van der Waals surface area contributed by atoms with E-state index in [4.69, 9.17) is 5.11 Å². The molecule has 1 amide bonds. The topological polar surface area (TPSA) is 92.5 Å². The maximum Gasteiger partial charge on any atom is 0.296 e. The van der Waals surface area contributed by atoms with Crippen LogP contribution < -0.4 is 5.32 Å². The van der Waals surface area contributed by atoms with Crippen LogP contribution in [0.1, 0.15) is 13.8 Å². The highest BCUT2D eigenvalue weighted by molar-refractivity contribution is 5.94. The second-order valence-electron chi connectivity index (χ2n) is 3.60. The van der Waals surface area contributed by atoms with Gasteiger partial charge in [-0.3, -0.25) is 14.9 Å². The summed E-state index contributed by atoms with van der Waals surface area (Å²) in [5.74, 6) is -0.795. The Morgan fingerprint density at radius 3 is 2.62 bits per heavy atom. The van der Waals surface area contributed by atoms with Crippen LogP contribution in [-0.4, -0.2) is 15.9 Å². The first-order valence-electron chi connectivity index (χ1n) is 4.70. The van der Waals surface area contributed by atoms with Gasteiger partial charge in [-0.25, -0.2) is 0 Å². The highest BCUT2D eigenvalue weighted by atomic mass is 16.6. The average Bonchev–Trinajstić information content (AvgIpc) is 2.20. The molecule has 0 saturated heterocycles. The molecule has 0 aliphatic heterocycles. The number of hydrogen-bond acceptors (Lipinski definition) is 4. The monoisotopic (exact) mass is 224 g/mol. The lowest BCUT2D eigenvalue weighted by Crippen LogP contribution is -2.18. The zero-order valence-corrected chi connectivity index (χ0v) is 8.93. The summed E-state index contributed by atoms with van der Waals surface area (Å²) in [5, 5.41) is 22.2. The van der Waals surface area contributed by atoms with Gasteiger partial charge in [-0.1, -0.05) is 13.8 Å². The molecule has 6 heteroatoms. The maximum absolute atomic E-state index is 11.4. The molecule has 0 spiro atoms. The van der Waals surface area contributed by atoms with Gasteiger partial charge in [0.05, 0.1) is 11.0 Å². The molecule has 1 aromatic carbocycles. The molecule has 1 rings (SSSR count). The number of nitrogens with zero attached hydrogens (tertiary/aromatic N) is 1. The minimum absolute atomic E-state index is 0.0847. The van der Waals surface area contributed by atoms with Crippen molar-refractivity contribution in [2.45, 2.75) is 13.8 Å².